The molecule has 0 radical (unpaired) electrons. The smallest absolute Gasteiger partial charge is 0.243 e. The molecular weight excluding hydrogens is 332 g/mol. The van der Waals surface area contributed by atoms with Crippen molar-refractivity contribution < 1.29 is 19.0 Å². The van der Waals surface area contributed by atoms with E-state index < -0.39 is 0 Å². The van der Waals surface area contributed by atoms with Crippen LogP contribution in [0.3, 0.4) is 0 Å². The van der Waals surface area contributed by atoms with Crippen molar-refractivity contribution >= 4 is 28.9 Å². The molecule has 6 nitrogen and oxygen atoms in total. The molecular formula is C17H19ClN2O4. The summed E-state index contributed by atoms with van der Waals surface area (Å²) < 4.78 is 15.6. The van der Waals surface area contributed by atoms with Crippen LogP contribution in [-0.4, -0.2) is 33.8 Å². The summed E-state index contributed by atoms with van der Waals surface area (Å²) in [6.45, 7) is 0.0518. The first-order chi connectivity index (χ1) is 11.5. The molecule has 0 unspecified atom stereocenters. The highest BCUT2D eigenvalue weighted by Gasteiger charge is 2.08. The fourth-order valence-corrected chi connectivity index (χ4v) is 2.25. The van der Waals surface area contributed by atoms with Gasteiger partial charge in [0.05, 0.1) is 33.6 Å². The maximum atomic E-state index is 12.1. The molecule has 0 heterocycles. The minimum Gasteiger partial charge on any atom is -0.497 e. The molecule has 0 aliphatic carbocycles. The Labute approximate surface area is 145 Å². The minimum atomic E-state index is -0.229. The molecule has 0 saturated heterocycles. The maximum absolute atomic E-state index is 12.1. The Morgan fingerprint density at radius 1 is 1.00 bits per heavy atom. The monoisotopic (exact) mass is 350 g/mol. The number of benzene rings is 2. The molecule has 24 heavy (non-hydrogen) atoms. The van der Waals surface area contributed by atoms with Crippen molar-refractivity contribution in [3.05, 3.63) is 41.4 Å². The molecule has 0 atom stereocenters. The second kappa shape index (κ2) is 8.31. The summed E-state index contributed by atoms with van der Waals surface area (Å²) in [7, 11) is 4.65. The fraction of sp³-hybridized carbons (Fsp3) is 0.235. The zero-order valence-electron chi connectivity index (χ0n) is 13.7. The number of nitrogens with one attached hydrogen (secondary N) is 2. The highest BCUT2D eigenvalue weighted by molar-refractivity contribution is 6.30. The van der Waals surface area contributed by atoms with Gasteiger partial charge in [0, 0.05) is 28.9 Å². The van der Waals surface area contributed by atoms with Gasteiger partial charge in [0.25, 0.3) is 0 Å². The van der Waals surface area contributed by atoms with Crippen LogP contribution in [0.5, 0.6) is 17.2 Å². The summed E-state index contributed by atoms with van der Waals surface area (Å²) in [5, 5.41) is 6.33. The van der Waals surface area contributed by atoms with Crippen LogP contribution in [0, 0.1) is 0 Å². The topological polar surface area (TPSA) is 68.8 Å². The van der Waals surface area contributed by atoms with Crippen molar-refractivity contribution in [1.29, 1.82) is 0 Å². The molecule has 0 aromatic heterocycles. The van der Waals surface area contributed by atoms with Crippen molar-refractivity contribution in [1.82, 2.24) is 0 Å². The van der Waals surface area contributed by atoms with E-state index in [2.05, 4.69) is 10.6 Å². The summed E-state index contributed by atoms with van der Waals surface area (Å²) in [6.07, 6.45) is 0. The van der Waals surface area contributed by atoms with E-state index in [0.29, 0.717) is 33.6 Å². The summed E-state index contributed by atoms with van der Waals surface area (Å²) in [5.41, 5.74) is 1.22. The molecule has 0 fully saturated rings. The van der Waals surface area contributed by atoms with Gasteiger partial charge < -0.3 is 24.8 Å². The average Bonchev–Trinajstić information content (AvgIpc) is 2.59. The van der Waals surface area contributed by atoms with Gasteiger partial charge in [-0.05, 0) is 18.2 Å². The SMILES string of the molecule is COc1cc(NC(=O)CNc2cc(Cl)ccc2OC)cc(OC)c1. The number of hydrogen-bond acceptors (Lipinski definition) is 5. The second-order valence-electron chi connectivity index (χ2n) is 4.85. The van der Waals surface area contributed by atoms with E-state index >= 15 is 0 Å². The molecule has 0 aliphatic rings. The van der Waals surface area contributed by atoms with E-state index in [-0.39, 0.29) is 12.5 Å². The predicted molar refractivity (Wildman–Crippen MR) is 94.7 cm³/mol. The van der Waals surface area contributed by atoms with E-state index in [1.54, 1.807) is 57.7 Å². The van der Waals surface area contributed by atoms with Crippen molar-refractivity contribution in [3.8, 4) is 17.2 Å². The van der Waals surface area contributed by atoms with Crippen molar-refractivity contribution in [2.45, 2.75) is 0 Å². The Morgan fingerprint density at radius 3 is 2.25 bits per heavy atom. The third kappa shape index (κ3) is 4.70. The number of rotatable bonds is 7. The van der Waals surface area contributed by atoms with Gasteiger partial charge in [0.1, 0.15) is 17.2 Å². The quantitative estimate of drug-likeness (QED) is 0.800. The molecule has 2 aromatic carbocycles. The number of carbonyl (C=O) groups excluding carboxylic acids is 1. The van der Waals surface area contributed by atoms with Gasteiger partial charge in [0.2, 0.25) is 5.91 Å². The number of ether oxygens (including phenoxy) is 3. The number of methoxy groups -OCH3 is 3. The van der Waals surface area contributed by atoms with E-state index in [1.165, 1.54) is 0 Å². The zero-order chi connectivity index (χ0) is 17.5. The van der Waals surface area contributed by atoms with Crippen LogP contribution in [0.4, 0.5) is 11.4 Å². The standard InChI is InChI=1S/C17H19ClN2O4/c1-22-13-7-12(8-14(9-13)23-2)20-17(21)10-19-15-6-11(18)4-5-16(15)24-3/h4-9,19H,10H2,1-3H3,(H,20,21). The Kier molecular flexibility index (Phi) is 6.14. The summed E-state index contributed by atoms with van der Waals surface area (Å²) in [6, 6.07) is 10.3. The Bertz CT molecular complexity index is 699. The van der Waals surface area contributed by atoms with E-state index in [1.807, 2.05) is 0 Å². The normalized spacial score (nSPS) is 10.0. The van der Waals surface area contributed by atoms with Gasteiger partial charge in [0.15, 0.2) is 0 Å². The lowest BCUT2D eigenvalue weighted by atomic mass is 10.2. The predicted octanol–water partition coefficient (Wildman–Crippen LogP) is 3.42. The number of carbonyl (C=O) groups is 1. The molecule has 0 saturated carbocycles. The van der Waals surface area contributed by atoms with Gasteiger partial charge in [-0.15, -0.1) is 0 Å². The Balaban J connectivity index is 2.02. The van der Waals surface area contributed by atoms with Crippen LogP contribution >= 0.6 is 11.6 Å². The molecule has 0 spiro atoms. The number of hydrogen-bond donors (Lipinski definition) is 2. The largest absolute Gasteiger partial charge is 0.497 e. The maximum Gasteiger partial charge on any atom is 0.243 e. The molecule has 128 valence electrons. The highest BCUT2D eigenvalue weighted by Crippen LogP contribution is 2.28. The first kappa shape index (κ1) is 17.7. The molecule has 0 bridgehead atoms. The third-order valence-electron chi connectivity index (χ3n) is 3.24. The zero-order valence-corrected chi connectivity index (χ0v) is 14.4. The van der Waals surface area contributed by atoms with Gasteiger partial charge in [-0.25, -0.2) is 0 Å². The van der Waals surface area contributed by atoms with Crippen LogP contribution < -0.4 is 24.8 Å². The number of halogens is 1. The Morgan fingerprint density at radius 2 is 1.67 bits per heavy atom. The van der Waals surface area contributed by atoms with E-state index in [9.17, 15) is 4.79 Å². The van der Waals surface area contributed by atoms with Gasteiger partial charge in [-0.3, -0.25) is 4.79 Å². The third-order valence-corrected chi connectivity index (χ3v) is 3.47. The van der Waals surface area contributed by atoms with Crippen molar-refractivity contribution in [2.75, 3.05) is 38.5 Å². The fourth-order valence-electron chi connectivity index (χ4n) is 2.08. The molecule has 2 rings (SSSR count). The first-order valence-electron chi connectivity index (χ1n) is 7.16. The van der Waals surface area contributed by atoms with Crippen molar-refractivity contribution in [3.63, 3.8) is 0 Å². The average molecular weight is 351 g/mol. The second-order valence-corrected chi connectivity index (χ2v) is 5.28. The van der Waals surface area contributed by atoms with Crippen LogP contribution in [0.25, 0.3) is 0 Å². The van der Waals surface area contributed by atoms with Crippen molar-refractivity contribution in [2.24, 2.45) is 0 Å². The first-order valence-corrected chi connectivity index (χ1v) is 7.54. The van der Waals surface area contributed by atoms with Gasteiger partial charge in [-0.1, -0.05) is 11.6 Å². The lowest BCUT2D eigenvalue weighted by Crippen LogP contribution is -2.22. The van der Waals surface area contributed by atoms with Crippen LogP contribution in [0.1, 0.15) is 0 Å². The van der Waals surface area contributed by atoms with Crippen LogP contribution in [-0.2, 0) is 4.79 Å². The molecule has 0 aliphatic heterocycles. The lowest BCUT2D eigenvalue weighted by molar-refractivity contribution is -0.114. The van der Waals surface area contributed by atoms with Crippen LogP contribution in [0.15, 0.2) is 36.4 Å². The van der Waals surface area contributed by atoms with Crippen LogP contribution in [0.2, 0.25) is 5.02 Å². The molecule has 2 aromatic rings. The summed E-state index contributed by atoms with van der Waals surface area (Å²) in [5.74, 6) is 1.56. The Hall–Kier alpha value is -2.60. The lowest BCUT2D eigenvalue weighted by Gasteiger charge is -2.13. The van der Waals surface area contributed by atoms with E-state index in [0.717, 1.165) is 0 Å². The highest BCUT2D eigenvalue weighted by atomic mass is 35.5. The molecule has 7 heteroatoms. The van der Waals surface area contributed by atoms with E-state index in [4.69, 9.17) is 25.8 Å². The van der Waals surface area contributed by atoms with Gasteiger partial charge in [-0.2, -0.15) is 0 Å². The summed E-state index contributed by atoms with van der Waals surface area (Å²) in [4.78, 5) is 12.1. The number of anilines is 2. The van der Waals surface area contributed by atoms with Gasteiger partial charge >= 0.3 is 0 Å². The molecule has 1 amide bonds. The summed E-state index contributed by atoms with van der Waals surface area (Å²) >= 11 is 5.96. The number of amides is 1. The minimum absolute atomic E-state index is 0.0518. The molecule has 2 N–H and O–H groups in total.